The number of fused-ring (bicyclic) bond motifs is 6. The number of phenols is 2. The number of rotatable bonds is 7. The molecule has 0 bridgehead atoms. The van der Waals surface area contributed by atoms with Gasteiger partial charge in [0.25, 0.3) is 0 Å². The number of amides is 2. The molecule has 2 aliphatic heterocycles. The van der Waals surface area contributed by atoms with E-state index in [4.69, 9.17) is 23.2 Å². The van der Waals surface area contributed by atoms with Gasteiger partial charge in [-0.1, -0.05) is 66.7 Å². The minimum atomic E-state index is -0.245. The molecule has 2 heterocycles. The van der Waals surface area contributed by atoms with E-state index in [1.165, 1.54) is 0 Å². The number of carbonyl (C=O) groups is 2. The summed E-state index contributed by atoms with van der Waals surface area (Å²) in [5, 5.41) is 34.8. The Morgan fingerprint density at radius 1 is 0.630 bits per heavy atom. The number of aliphatic hydroxyl groups excluding tert-OH is 1. The smallest absolute Gasteiger partial charge is 0.231 e. The van der Waals surface area contributed by atoms with Crippen molar-refractivity contribution in [3.8, 4) is 11.5 Å². The van der Waals surface area contributed by atoms with E-state index in [2.05, 4.69) is 0 Å². The van der Waals surface area contributed by atoms with Gasteiger partial charge in [0.1, 0.15) is 11.5 Å². The summed E-state index contributed by atoms with van der Waals surface area (Å²) < 4.78 is 0. The van der Waals surface area contributed by atoms with Gasteiger partial charge in [0.2, 0.25) is 11.8 Å². The first-order chi connectivity index (χ1) is 22.3. The molecule has 7 rings (SSSR count). The van der Waals surface area contributed by atoms with Crippen molar-refractivity contribution in [3.63, 3.8) is 0 Å². The van der Waals surface area contributed by atoms with Gasteiger partial charge in [-0.25, -0.2) is 0 Å². The molecule has 2 amide bonds. The zero-order valence-electron chi connectivity index (χ0n) is 24.9. The predicted molar refractivity (Wildman–Crippen MR) is 183 cm³/mol. The second-order valence-corrected chi connectivity index (χ2v) is 12.7. The summed E-state index contributed by atoms with van der Waals surface area (Å²) >= 11 is 12.7. The molecule has 0 fully saturated rings. The zero-order valence-corrected chi connectivity index (χ0v) is 26.4. The lowest BCUT2D eigenvalue weighted by Crippen LogP contribution is -2.32. The Bertz CT molecular complexity index is 1890. The second kappa shape index (κ2) is 12.1. The number of nitrogens with zero attached hydrogens (tertiary/aromatic N) is 2. The number of phenolic OH excluding ortho intramolecular Hbond substituents is 2. The van der Waals surface area contributed by atoms with Crippen molar-refractivity contribution in [2.75, 3.05) is 34.6 Å². The van der Waals surface area contributed by atoms with Crippen LogP contribution in [0.1, 0.15) is 39.7 Å². The van der Waals surface area contributed by atoms with E-state index in [0.29, 0.717) is 52.9 Å². The number of benzene rings is 5. The summed E-state index contributed by atoms with van der Waals surface area (Å²) in [5.41, 5.74) is 5.14. The van der Waals surface area contributed by atoms with Crippen molar-refractivity contribution in [1.82, 2.24) is 0 Å². The molecule has 0 spiro atoms. The van der Waals surface area contributed by atoms with E-state index in [1.54, 1.807) is 34.1 Å². The van der Waals surface area contributed by atoms with Crippen LogP contribution in [0.2, 0.25) is 0 Å². The highest BCUT2D eigenvalue weighted by atomic mass is 35.5. The summed E-state index contributed by atoms with van der Waals surface area (Å²) in [6.07, 6.45) is 0.0790. The fourth-order valence-corrected chi connectivity index (χ4v) is 7.76. The first-order valence-electron chi connectivity index (χ1n) is 15.3. The highest BCUT2D eigenvalue weighted by Gasteiger charge is 2.36. The van der Waals surface area contributed by atoms with Crippen LogP contribution >= 0.6 is 23.2 Å². The first kappa shape index (κ1) is 30.4. The summed E-state index contributed by atoms with van der Waals surface area (Å²) in [6.45, 7) is 0.548. The van der Waals surface area contributed by atoms with Gasteiger partial charge in [-0.2, -0.15) is 0 Å². The standard InChI is InChI=1S/C37H32Cl2N2O5/c38-16-24-18-40(30-14-32(43)26-5-1-3-7-28(26)36(24)30)34(45)12-21-9-22(11-23(10-21)20-42)13-35(46)41-19-25(17-39)37-29-8-4-2-6-27(29)33(44)15-31(37)41/h1-11,14-15,24-25,42-44H,12-13,16-20H2/t24-,25-/m1/s1. The van der Waals surface area contributed by atoms with Crippen LogP contribution in [-0.4, -0.2) is 52.0 Å². The van der Waals surface area contributed by atoms with Gasteiger partial charge in [-0.05, 0) is 38.6 Å². The molecule has 0 aromatic heterocycles. The van der Waals surface area contributed by atoms with Crippen molar-refractivity contribution < 1.29 is 24.9 Å². The minimum absolute atomic E-state index is 0.0395. The second-order valence-electron chi connectivity index (χ2n) is 12.1. The average molecular weight is 656 g/mol. The molecule has 0 radical (unpaired) electrons. The van der Waals surface area contributed by atoms with Gasteiger partial charge in [0, 0.05) is 59.6 Å². The third-order valence-electron chi connectivity index (χ3n) is 9.27. The third kappa shape index (κ3) is 5.13. The van der Waals surface area contributed by atoms with E-state index in [1.807, 2.05) is 54.6 Å². The number of anilines is 2. The van der Waals surface area contributed by atoms with Gasteiger partial charge in [0.05, 0.1) is 30.8 Å². The largest absolute Gasteiger partial charge is 0.507 e. The number of aromatic hydroxyl groups is 2. The average Bonchev–Trinajstić information content (AvgIpc) is 3.63. The summed E-state index contributed by atoms with van der Waals surface area (Å²) in [7, 11) is 0. The maximum atomic E-state index is 13.8. The van der Waals surface area contributed by atoms with Crippen LogP contribution in [-0.2, 0) is 29.0 Å². The number of halogens is 2. The Kier molecular flexibility index (Phi) is 8.01. The number of carbonyl (C=O) groups excluding carboxylic acids is 2. The van der Waals surface area contributed by atoms with Gasteiger partial charge in [-0.3, -0.25) is 9.59 Å². The summed E-state index contributed by atoms with van der Waals surface area (Å²) in [4.78, 5) is 31.0. The van der Waals surface area contributed by atoms with Gasteiger partial charge in [-0.15, -0.1) is 23.2 Å². The first-order valence-corrected chi connectivity index (χ1v) is 16.3. The van der Waals surface area contributed by atoms with Crippen LogP contribution in [0.15, 0.2) is 78.9 Å². The van der Waals surface area contributed by atoms with Crippen molar-refractivity contribution in [2.24, 2.45) is 0 Å². The number of hydrogen-bond acceptors (Lipinski definition) is 5. The quantitative estimate of drug-likeness (QED) is 0.169. The highest BCUT2D eigenvalue weighted by molar-refractivity contribution is 6.19. The molecule has 5 aromatic carbocycles. The van der Waals surface area contributed by atoms with Gasteiger partial charge in [0.15, 0.2) is 0 Å². The molecule has 0 aliphatic carbocycles. The van der Waals surface area contributed by atoms with Crippen LogP contribution < -0.4 is 9.80 Å². The molecule has 5 aromatic rings. The predicted octanol–water partition coefficient (Wildman–Crippen LogP) is 6.72. The number of aliphatic hydroxyl groups is 1. The van der Waals surface area contributed by atoms with Crippen molar-refractivity contribution in [2.45, 2.75) is 31.3 Å². The van der Waals surface area contributed by atoms with Gasteiger partial charge >= 0.3 is 0 Å². The lowest BCUT2D eigenvalue weighted by molar-refractivity contribution is -0.118. The van der Waals surface area contributed by atoms with Crippen LogP contribution in [0.5, 0.6) is 11.5 Å². The highest BCUT2D eigenvalue weighted by Crippen LogP contribution is 2.46. The molecule has 7 nitrogen and oxygen atoms in total. The normalized spacial score (nSPS) is 17.1. The van der Waals surface area contributed by atoms with E-state index in [9.17, 15) is 24.9 Å². The van der Waals surface area contributed by atoms with Crippen LogP contribution in [0.25, 0.3) is 21.5 Å². The van der Waals surface area contributed by atoms with E-state index in [0.717, 1.165) is 32.7 Å². The lowest BCUT2D eigenvalue weighted by atomic mass is 9.95. The minimum Gasteiger partial charge on any atom is -0.507 e. The zero-order chi connectivity index (χ0) is 32.1. The van der Waals surface area contributed by atoms with Crippen molar-refractivity contribution >= 4 is 67.9 Å². The fourth-order valence-electron chi connectivity index (χ4n) is 7.25. The Labute approximate surface area is 276 Å². The molecule has 2 atom stereocenters. The SMILES string of the molecule is O=C(Cc1cc(CO)cc(CC(=O)N2C[C@@H](CCl)c3c2cc(O)c2ccccc32)c1)N1C[C@@H](CCl)c2c1cc(O)c1ccccc21. The maximum absolute atomic E-state index is 13.8. The number of alkyl halides is 2. The monoisotopic (exact) mass is 654 g/mol. The molecular weight excluding hydrogens is 623 g/mol. The Balaban J connectivity index is 1.16. The van der Waals surface area contributed by atoms with Crippen LogP contribution in [0.3, 0.4) is 0 Å². The van der Waals surface area contributed by atoms with Crippen molar-refractivity contribution in [1.29, 1.82) is 0 Å². The number of hydrogen-bond donors (Lipinski definition) is 3. The molecule has 0 unspecified atom stereocenters. The Morgan fingerprint density at radius 3 is 1.41 bits per heavy atom. The summed E-state index contributed by atoms with van der Waals surface area (Å²) in [5.74, 6) is 0.358. The molecule has 234 valence electrons. The van der Waals surface area contributed by atoms with Crippen LogP contribution in [0, 0.1) is 0 Å². The molecule has 3 N–H and O–H groups in total. The topological polar surface area (TPSA) is 101 Å². The third-order valence-corrected chi connectivity index (χ3v) is 10.0. The van der Waals surface area contributed by atoms with Crippen molar-refractivity contribution in [3.05, 3.63) is 107 Å². The maximum Gasteiger partial charge on any atom is 0.231 e. The van der Waals surface area contributed by atoms with E-state index in [-0.39, 0.29) is 54.6 Å². The molecule has 0 saturated carbocycles. The van der Waals surface area contributed by atoms with Crippen LogP contribution in [0.4, 0.5) is 11.4 Å². The Hall–Kier alpha value is -4.30. The fraction of sp³-hybridized carbons (Fsp3) is 0.243. The van der Waals surface area contributed by atoms with Gasteiger partial charge < -0.3 is 25.1 Å². The molecule has 46 heavy (non-hydrogen) atoms. The molecule has 2 aliphatic rings. The van der Waals surface area contributed by atoms with E-state index >= 15 is 0 Å². The summed E-state index contributed by atoms with van der Waals surface area (Å²) in [6, 6.07) is 23.8. The lowest BCUT2D eigenvalue weighted by Gasteiger charge is -2.20. The Morgan fingerprint density at radius 2 is 1.02 bits per heavy atom. The molecular formula is C37H32Cl2N2O5. The molecule has 0 saturated heterocycles. The van der Waals surface area contributed by atoms with E-state index < -0.39 is 0 Å². The molecule has 9 heteroatoms.